The molecule has 3 rings (SSSR count). The van der Waals surface area contributed by atoms with Crippen molar-refractivity contribution in [3.8, 4) is 0 Å². The summed E-state index contributed by atoms with van der Waals surface area (Å²) in [6.45, 7) is 8.09. The summed E-state index contributed by atoms with van der Waals surface area (Å²) in [6.07, 6.45) is 8.11. The van der Waals surface area contributed by atoms with Crippen molar-refractivity contribution in [3.63, 3.8) is 0 Å². The molecule has 0 spiro atoms. The first-order valence-electron chi connectivity index (χ1n) is 7.02. The minimum Gasteiger partial charge on any atom is -0.456 e. The number of allylic oxidation sites excluding steroid dienone is 3. The van der Waals surface area contributed by atoms with Gasteiger partial charge in [-0.15, -0.1) is 0 Å². The summed E-state index contributed by atoms with van der Waals surface area (Å²) in [5, 5.41) is 10.7. The van der Waals surface area contributed by atoms with Crippen LogP contribution in [0.1, 0.15) is 40.5 Å². The Labute approximate surface area is 115 Å². The molecule has 0 aromatic heterocycles. The molecule has 0 saturated heterocycles. The van der Waals surface area contributed by atoms with E-state index in [-0.39, 0.29) is 23.4 Å². The van der Waals surface area contributed by atoms with Crippen LogP contribution >= 0.6 is 0 Å². The lowest BCUT2D eigenvalue weighted by Gasteiger charge is -2.64. The fraction of sp³-hybridized carbons (Fsp3) is 0.688. The molecule has 4 unspecified atom stereocenters. The lowest BCUT2D eigenvalue weighted by molar-refractivity contribution is -0.251. The molecule has 3 aliphatic carbocycles. The second-order valence-corrected chi connectivity index (χ2v) is 6.58. The van der Waals surface area contributed by atoms with E-state index in [1.54, 1.807) is 12.2 Å². The Bertz CT molecular complexity index is 418. The predicted octanol–water partition coefficient (Wildman–Crippen LogP) is 2.85. The lowest BCUT2D eigenvalue weighted by Crippen LogP contribution is -2.67. The van der Waals surface area contributed by atoms with Gasteiger partial charge in [0.2, 0.25) is 0 Å². The smallest absolute Gasteiger partial charge is 0.331 e. The molecule has 0 amide bonds. The van der Waals surface area contributed by atoms with Gasteiger partial charge in [0.05, 0.1) is 0 Å². The zero-order valence-corrected chi connectivity index (χ0v) is 12.2. The lowest BCUT2D eigenvalue weighted by atomic mass is 9.43. The average Bonchev–Trinajstić information content (AvgIpc) is 2.31. The van der Waals surface area contributed by atoms with E-state index in [1.165, 1.54) is 6.08 Å². The third-order valence-corrected chi connectivity index (χ3v) is 5.12. The topological polar surface area (TPSA) is 46.5 Å². The van der Waals surface area contributed by atoms with E-state index in [4.69, 9.17) is 4.74 Å². The van der Waals surface area contributed by atoms with Crippen LogP contribution in [-0.2, 0) is 9.53 Å². The summed E-state index contributed by atoms with van der Waals surface area (Å²) >= 11 is 0. The van der Waals surface area contributed by atoms with Crippen LogP contribution in [0.25, 0.3) is 0 Å². The molecule has 3 fully saturated rings. The molecule has 0 aromatic rings. The van der Waals surface area contributed by atoms with Crippen LogP contribution < -0.4 is 0 Å². The summed E-state index contributed by atoms with van der Waals surface area (Å²) in [7, 11) is 0. The van der Waals surface area contributed by atoms with E-state index in [2.05, 4.69) is 13.8 Å². The fourth-order valence-corrected chi connectivity index (χ4v) is 3.72. The van der Waals surface area contributed by atoms with Gasteiger partial charge in [-0.2, -0.15) is 0 Å². The third kappa shape index (κ3) is 2.36. The zero-order valence-electron chi connectivity index (χ0n) is 12.2. The summed E-state index contributed by atoms with van der Waals surface area (Å²) in [5.74, 6) is 0.397. The van der Waals surface area contributed by atoms with Crippen LogP contribution in [0.15, 0.2) is 24.3 Å². The minimum absolute atomic E-state index is 0.160. The van der Waals surface area contributed by atoms with Crippen LogP contribution in [0.5, 0.6) is 0 Å². The second-order valence-electron chi connectivity index (χ2n) is 6.58. The highest BCUT2D eigenvalue weighted by Gasteiger charge is 2.63. The molecule has 0 aromatic carbocycles. The molecule has 3 heteroatoms. The van der Waals surface area contributed by atoms with Gasteiger partial charge >= 0.3 is 5.97 Å². The molecule has 3 nitrogen and oxygen atoms in total. The molecule has 0 radical (unpaired) electrons. The summed E-state index contributed by atoms with van der Waals surface area (Å²) in [4.78, 5) is 11.7. The maximum atomic E-state index is 11.7. The molecule has 0 heterocycles. The van der Waals surface area contributed by atoms with Crippen molar-refractivity contribution in [2.24, 2.45) is 17.3 Å². The van der Waals surface area contributed by atoms with Gasteiger partial charge in [0.1, 0.15) is 11.7 Å². The Hall–Kier alpha value is -1.09. The molecule has 3 aliphatic rings. The highest BCUT2D eigenvalue weighted by molar-refractivity contribution is 5.82. The number of aliphatic hydroxyl groups is 1. The van der Waals surface area contributed by atoms with Gasteiger partial charge < -0.3 is 9.84 Å². The average molecular weight is 264 g/mol. The van der Waals surface area contributed by atoms with Crippen LogP contribution in [0.4, 0.5) is 0 Å². The Morgan fingerprint density at radius 2 is 1.95 bits per heavy atom. The Morgan fingerprint density at radius 1 is 1.26 bits per heavy atom. The summed E-state index contributed by atoms with van der Waals surface area (Å²) in [5.41, 5.74) is -0.754. The van der Waals surface area contributed by atoms with Crippen LogP contribution in [0.2, 0.25) is 0 Å². The molecular weight excluding hydrogens is 240 g/mol. The molecule has 2 bridgehead atoms. The van der Waals surface area contributed by atoms with Crippen molar-refractivity contribution in [2.75, 3.05) is 0 Å². The first-order valence-corrected chi connectivity index (χ1v) is 7.02. The standard InChI is InChI=1S/C16H24O3/c1-5-6-7-8-14(17)19-13-10-11-9-12(15(11,2)3)16(13,4)18/h5-8,11-13,18H,9-10H2,1-4H3/b6-5+,8-7+. The normalized spacial score (nSPS) is 40.4. The van der Waals surface area contributed by atoms with Crippen LogP contribution in [0, 0.1) is 17.3 Å². The number of hydrogen-bond donors (Lipinski definition) is 1. The van der Waals surface area contributed by atoms with E-state index >= 15 is 0 Å². The van der Waals surface area contributed by atoms with Gasteiger partial charge in [-0.3, -0.25) is 0 Å². The number of fused-ring (bicyclic) bond motifs is 2. The van der Waals surface area contributed by atoms with E-state index in [0.717, 1.165) is 12.8 Å². The van der Waals surface area contributed by atoms with Crippen molar-refractivity contribution in [3.05, 3.63) is 24.3 Å². The molecule has 19 heavy (non-hydrogen) atoms. The van der Waals surface area contributed by atoms with E-state index < -0.39 is 5.60 Å². The second kappa shape index (κ2) is 4.78. The monoisotopic (exact) mass is 264 g/mol. The van der Waals surface area contributed by atoms with E-state index in [1.807, 2.05) is 19.9 Å². The summed E-state index contributed by atoms with van der Waals surface area (Å²) in [6, 6.07) is 0. The quantitative estimate of drug-likeness (QED) is 0.484. The van der Waals surface area contributed by atoms with E-state index in [9.17, 15) is 9.90 Å². The van der Waals surface area contributed by atoms with Crippen molar-refractivity contribution < 1.29 is 14.6 Å². The van der Waals surface area contributed by atoms with E-state index in [0.29, 0.717) is 5.92 Å². The van der Waals surface area contributed by atoms with Gasteiger partial charge in [0, 0.05) is 6.08 Å². The number of esters is 1. The molecule has 106 valence electrons. The largest absolute Gasteiger partial charge is 0.456 e. The zero-order chi connectivity index (χ0) is 14.3. The molecule has 1 N–H and O–H groups in total. The molecular formula is C16H24O3. The fourth-order valence-electron chi connectivity index (χ4n) is 3.72. The highest BCUT2D eigenvalue weighted by Crippen LogP contribution is 2.63. The van der Waals surface area contributed by atoms with Gasteiger partial charge in [0.15, 0.2) is 0 Å². The van der Waals surface area contributed by atoms with Crippen LogP contribution in [-0.4, -0.2) is 22.8 Å². The van der Waals surface area contributed by atoms with Gasteiger partial charge in [-0.1, -0.05) is 32.1 Å². The van der Waals surface area contributed by atoms with Crippen molar-refractivity contribution in [1.82, 2.24) is 0 Å². The predicted molar refractivity (Wildman–Crippen MR) is 74.5 cm³/mol. The number of carbonyl (C=O) groups is 1. The van der Waals surface area contributed by atoms with Gasteiger partial charge in [0.25, 0.3) is 0 Å². The number of rotatable bonds is 3. The number of hydrogen-bond acceptors (Lipinski definition) is 3. The maximum Gasteiger partial charge on any atom is 0.331 e. The SMILES string of the molecule is C/C=C/C=C/C(=O)OC1CC2CC(C2(C)C)C1(C)O. The Balaban J connectivity index is 2.01. The molecule has 0 aliphatic heterocycles. The Morgan fingerprint density at radius 3 is 2.47 bits per heavy atom. The van der Waals surface area contributed by atoms with Crippen molar-refractivity contribution in [1.29, 1.82) is 0 Å². The first-order chi connectivity index (χ1) is 8.80. The summed E-state index contributed by atoms with van der Waals surface area (Å²) < 4.78 is 5.44. The maximum absolute atomic E-state index is 11.7. The van der Waals surface area contributed by atoms with Crippen LogP contribution in [0.3, 0.4) is 0 Å². The van der Waals surface area contributed by atoms with Gasteiger partial charge in [-0.05, 0) is 43.9 Å². The Kier molecular flexibility index (Phi) is 3.61. The third-order valence-electron chi connectivity index (χ3n) is 5.12. The molecule has 3 saturated carbocycles. The number of ether oxygens (including phenoxy) is 1. The van der Waals surface area contributed by atoms with Crippen molar-refractivity contribution >= 4 is 5.97 Å². The highest BCUT2D eigenvalue weighted by atomic mass is 16.6. The van der Waals surface area contributed by atoms with Crippen molar-refractivity contribution in [2.45, 2.75) is 52.2 Å². The minimum atomic E-state index is -0.914. The first kappa shape index (κ1) is 14.3. The number of carbonyl (C=O) groups excluding carboxylic acids is 1. The molecule has 4 atom stereocenters. The van der Waals surface area contributed by atoms with Gasteiger partial charge in [-0.25, -0.2) is 4.79 Å².